The van der Waals surface area contributed by atoms with Crippen molar-refractivity contribution in [3.05, 3.63) is 40.0 Å². The van der Waals surface area contributed by atoms with E-state index >= 15 is 0 Å². The molecule has 1 aliphatic heterocycles. The standard InChI is InChI=1S/C15H13FN2OS/c16-8-5-6-10-11(7-8)17-14(19)13-9-3-1-2-4-12(9)20-15(13)18-10/h5-7,18H,1-4H2,(H,17,19). The number of anilines is 3. The quantitative estimate of drug-likeness (QED) is 0.767. The number of nitrogens with one attached hydrogen (secondary N) is 2. The van der Waals surface area contributed by atoms with E-state index in [1.807, 2.05) is 0 Å². The smallest absolute Gasteiger partial charge is 0.259 e. The van der Waals surface area contributed by atoms with Crippen LogP contribution in [0.25, 0.3) is 0 Å². The van der Waals surface area contributed by atoms with Crippen LogP contribution < -0.4 is 10.6 Å². The van der Waals surface area contributed by atoms with Crippen molar-refractivity contribution in [2.75, 3.05) is 10.6 Å². The number of carbonyl (C=O) groups excluding carboxylic acids is 1. The Kier molecular flexibility index (Phi) is 2.57. The molecule has 0 bridgehead atoms. The molecule has 5 heteroatoms. The molecule has 3 nitrogen and oxygen atoms in total. The van der Waals surface area contributed by atoms with Gasteiger partial charge >= 0.3 is 0 Å². The lowest BCUT2D eigenvalue weighted by Gasteiger charge is -2.12. The van der Waals surface area contributed by atoms with Crippen LogP contribution in [-0.2, 0) is 12.8 Å². The Morgan fingerprint density at radius 2 is 1.95 bits per heavy atom. The number of benzene rings is 1. The van der Waals surface area contributed by atoms with Crippen molar-refractivity contribution in [2.45, 2.75) is 25.7 Å². The summed E-state index contributed by atoms with van der Waals surface area (Å²) in [5, 5.41) is 7.00. The van der Waals surface area contributed by atoms with Crippen molar-refractivity contribution in [1.82, 2.24) is 0 Å². The third kappa shape index (κ3) is 1.73. The minimum Gasteiger partial charge on any atom is -0.345 e. The summed E-state index contributed by atoms with van der Waals surface area (Å²) in [7, 11) is 0. The van der Waals surface area contributed by atoms with Gasteiger partial charge in [-0.1, -0.05) is 0 Å². The SMILES string of the molecule is O=C1Nc2cc(F)ccc2Nc2sc3c(c21)CCCC3. The number of thiophene rings is 1. The molecular weight excluding hydrogens is 275 g/mol. The fourth-order valence-electron chi connectivity index (χ4n) is 2.93. The van der Waals surface area contributed by atoms with Crippen molar-refractivity contribution in [3.63, 3.8) is 0 Å². The molecule has 2 N–H and O–H groups in total. The van der Waals surface area contributed by atoms with E-state index < -0.39 is 0 Å². The van der Waals surface area contributed by atoms with Crippen LogP contribution >= 0.6 is 11.3 Å². The highest BCUT2D eigenvalue weighted by atomic mass is 32.1. The Morgan fingerprint density at radius 1 is 1.10 bits per heavy atom. The molecule has 0 spiro atoms. The van der Waals surface area contributed by atoms with Gasteiger partial charge in [-0.3, -0.25) is 4.79 Å². The molecule has 2 heterocycles. The van der Waals surface area contributed by atoms with E-state index in [1.165, 1.54) is 29.0 Å². The van der Waals surface area contributed by atoms with Gasteiger partial charge in [0.15, 0.2) is 0 Å². The molecule has 0 radical (unpaired) electrons. The number of hydrogen-bond acceptors (Lipinski definition) is 3. The molecule has 2 aliphatic rings. The number of halogens is 1. The molecule has 4 rings (SSSR count). The fourth-order valence-corrected chi connectivity index (χ4v) is 4.23. The second-order valence-electron chi connectivity index (χ2n) is 5.18. The highest BCUT2D eigenvalue weighted by Crippen LogP contribution is 2.42. The van der Waals surface area contributed by atoms with Gasteiger partial charge in [0.05, 0.1) is 16.9 Å². The van der Waals surface area contributed by atoms with E-state index in [2.05, 4.69) is 10.6 Å². The monoisotopic (exact) mass is 288 g/mol. The topological polar surface area (TPSA) is 41.1 Å². The maximum atomic E-state index is 13.3. The third-order valence-electron chi connectivity index (χ3n) is 3.88. The van der Waals surface area contributed by atoms with Gasteiger partial charge in [0.25, 0.3) is 5.91 Å². The predicted molar refractivity (Wildman–Crippen MR) is 78.6 cm³/mol. The first kappa shape index (κ1) is 11.9. The zero-order valence-electron chi connectivity index (χ0n) is 10.8. The van der Waals surface area contributed by atoms with Crippen LogP contribution in [0.15, 0.2) is 18.2 Å². The van der Waals surface area contributed by atoms with Crippen molar-refractivity contribution >= 4 is 33.6 Å². The lowest BCUT2D eigenvalue weighted by molar-refractivity contribution is 0.102. The Hall–Kier alpha value is -1.88. The Bertz CT molecular complexity index is 723. The first-order valence-electron chi connectivity index (χ1n) is 6.75. The van der Waals surface area contributed by atoms with Crippen LogP contribution in [-0.4, -0.2) is 5.91 Å². The van der Waals surface area contributed by atoms with Crippen molar-refractivity contribution in [3.8, 4) is 0 Å². The normalized spacial score (nSPS) is 16.4. The van der Waals surface area contributed by atoms with Crippen LogP contribution in [0.3, 0.4) is 0 Å². The molecule has 0 atom stereocenters. The molecule has 0 unspecified atom stereocenters. The summed E-state index contributed by atoms with van der Waals surface area (Å²) in [6.07, 6.45) is 4.33. The lowest BCUT2D eigenvalue weighted by Crippen LogP contribution is -2.13. The number of fused-ring (bicyclic) bond motifs is 4. The molecule has 1 amide bonds. The van der Waals surface area contributed by atoms with E-state index in [-0.39, 0.29) is 11.7 Å². The van der Waals surface area contributed by atoms with E-state index in [1.54, 1.807) is 17.4 Å². The number of carbonyl (C=O) groups is 1. The zero-order valence-corrected chi connectivity index (χ0v) is 11.6. The predicted octanol–water partition coefficient (Wildman–Crippen LogP) is 4.08. The molecular formula is C15H13FN2OS. The van der Waals surface area contributed by atoms with Crippen LogP contribution in [0.2, 0.25) is 0 Å². The second-order valence-corrected chi connectivity index (χ2v) is 6.29. The van der Waals surface area contributed by atoms with Gasteiger partial charge < -0.3 is 10.6 Å². The molecule has 102 valence electrons. The van der Waals surface area contributed by atoms with Gasteiger partial charge in [0.1, 0.15) is 10.8 Å². The largest absolute Gasteiger partial charge is 0.345 e. The summed E-state index contributed by atoms with van der Waals surface area (Å²) in [5.41, 5.74) is 3.18. The molecule has 1 aliphatic carbocycles. The van der Waals surface area contributed by atoms with E-state index in [0.29, 0.717) is 5.69 Å². The van der Waals surface area contributed by atoms with Crippen LogP contribution in [0, 0.1) is 5.82 Å². The summed E-state index contributed by atoms with van der Waals surface area (Å²) in [4.78, 5) is 13.8. The summed E-state index contributed by atoms with van der Waals surface area (Å²) in [6.45, 7) is 0. The Balaban J connectivity index is 1.87. The van der Waals surface area contributed by atoms with Gasteiger partial charge in [-0.25, -0.2) is 4.39 Å². The minimum atomic E-state index is -0.349. The highest BCUT2D eigenvalue weighted by molar-refractivity contribution is 7.16. The summed E-state index contributed by atoms with van der Waals surface area (Å²) in [5.74, 6) is -0.477. The van der Waals surface area contributed by atoms with E-state index in [4.69, 9.17) is 0 Å². The molecule has 2 aromatic rings. The summed E-state index contributed by atoms with van der Waals surface area (Å²) >= 11 is 1.66. The number of rotatable bonds is 0. The maximum absolute atomic E-state index is 13.3. The van der Waals surface area contributed by atoms with Crippen molar-refractivity contribution in [2.24, 2.45) is 0 Å². The molecule has 20 heavy (non-hydrogen) atoms. The average Bonchev–Trinajstić information content (AvgIpc) is 2.73. The summed E-state index contributed by atoms with van der Waals surface area (Å²) < 4.78 is 13.3. The van der Waals surface area contributed by atoms with Crippen molar-refractivity contribution in [1.29, 1.82) is 0 Å². The lowest BCUT2D eigenvalue weighted by atomic mass is 9.95. The number of aryl methyl sites for hydroxylation is 1. The van der Waals surface area contributed by atoms with Crippen molar-refractivity contribution < 1.29 is 9.18 Å². The fraction of sp³-hybridized carbons (Fsp3) is 0.267. The number of hydrogen-bond donors (Lipinski definition) is 2. The molecule has 0 saturated carbocycles. The second kappa shape index (κ2) is 4.31. The third-order valence-corrected chi connectivity index (χ3v) is 5.08. The van der Waals surface area contributed by atoms with E-state index in [9.17, 15) is 9.18 Å². The average molecular weight is 288 g/mol. The Labute approximate surface area is 119 Å². The van der Waals surface area contributed by atoms with Crippen LogP contribution in [0.4, 0.5) is 20.8 Å². The highest BCUT2D eigenvalue weighted by Gasteiger charge is 2.28. The first-order valence-corrected chi connectivity index (χ1v) is 7.56. The van der Waals surface area contributed by atoms with Gasteiger partial charge in [0.2, 0.25) is 0 Å². The molecule has 0 saturated heterocycles. The molecule has 0 fully saturated rings. The first-order chi connectivity index (χ1) is 9.72. The minimum absolute atomic E-state index is 0.128. The van der Waals surface area contributed by atoms with Crippen LogP contribution in [0.1, 0.15) is 33.6 Å². The Morgan fingerprint density at radius 3 is 2.85 bits per heavy atom. The molecule has 1 aromatic carbocycles. The summed E-state index contributed by atoms with van der Waals surface area (Å²) in [6, 6.07) is 4.42. The van der Waals surface area contributed by atoms with Gasteiger partial charge in [0, 0.05) is 4.88 Å². The zero-order chi connectivity index (χ0) is 13.7. The van der Waals surface area contributed by atoms with Gasteiger partial charge in [-0.05, 0) is 49.4 Å². The maximum Gasteiger partial charge on any atom is 0.259 e. The van der Waals surface area contributed by atoms with Crippen LogP contribution in [0.5, 0.6) is 0 Å². The van der Waals surface area contributed by atoms with E-state index in [0.717, 1.165) is 35.5 Å². The van der Waals surface area contributed by atoms with Gasteiger partial charge in [-0.15, -0.1) is 11.3 Å². The number of amides is 1. The molecule has 1 aromatic heterocycles. The van der Waals surface area contributed by atoms with Gasteiger partial charge in [-0.2, -0.15) is 0 Å².